The van der Waals surface area contributed by atoms with E-state index in [0.717, 1.165) is 25.9 Å². The van der Waals surface area contributed by atoms with Gasteiger partial charge in [0.05, 0.1) is 5.56 Å². The summed E-state index contributed by atoms with van der Waals surface area (Å²) >= 11 is 12.2. The maximum absolute atomic E-state index is 12.9. The first-order chi connectivity index (χ1) is 14.0. The fraction of sp³-hybridized carbons (Fsp3) is 0.526. The summed E-state index contributed by atoms with van der Waals surface area (Å²) in [5, 5.41) is 3.29. The van der Waals surface area contributed by atoms with Crippen LogP contribution in [0.25, 0.3) is 0 Å². The summed E-state index contributed by atoms with van der Waals surface area (Å²) in [7, 11) is 0. The van der Waals surface area contributed by atoms with Gasteiger partial charge < -0.3 is 19.5 Å². The van der Waals surface area contributed by atoms with Gasteiger partial charge in [-0.05, 0) is 51.9 Å². The molecule has 11 heteroatoms. The number of nitrogens with one attached hydrogen (secondary N) is 1. The molecular weight excluding hydrogens is 658 g/mol. The van der Waals surface area contributed by atoms with Crippen molar-refractivity contribution < 1.29 is 28.6 Å². The molecule has 1 aromatic carbocycles. The summed E-state index contributed by atoms with van der Waals surface area (Å²) in [4.78, 5) is 36.7. The summed E-state index contributed by atoms with van der Waals surface area (Å²) < 4.78 is 14.8. The van der Waals surface area contributed by atoms with Crippen LogP contribution in [0.5, 0.6) is 11.5 Å². The van der Waals surface area contributed by atoms with E-state index in [1.807, 2.05) is 13.8 Å². The van der Waals surface area contributed by atoms with Crippen LogP contribution in [0.4, 0.5) is 0 Å². The van der Waals surface area contributed by atoms with Crippen molar-refractivity contribution in [2.24, 2.45) is 5.92 Å². The zero-order chi connectivity index (χ0) is 22.5. The minimum atomic E-state index is -0.736. The molecule has 7 nitrogen and oxygen atoms in total. The SMILES string of the molecule is CC(C)(OC(=O)c1cc(OC(=O)C(Br)Br)cc(OC(=O)C(Br)Br)c1)C1CCNCC1. The second-order valence-corrected chi connectivity index (χ2v) is 13.3. The van der Waals surface area contributed by atoms with Crippen molar-refractivity contribution >= 4 is 81.6 Å². The van der Waals surface area contributed by atoms with Gasteiger partial charge in [0.15, 0.2) is 7.47 Å². The van der Waals surface area contributed by atoms with E-state index in [2.05, 4.69) is 69.0 Å². The number of hydrogen-bond acceptors (Lipinski definition) is 7. The Balaban J connectivity index is 2.27. The third-order valence-electron chi connectivity index (χ3n) is 4.59. The van der Waals surface area contributed by atoms with E-state index in [1.54, 1.807) is 0 Å². The average molecular weight is 679 g/mol. The van der Waals surface area contributed by atoms with E-state index >= 15 is 0 Å². The Morgan fingerprint density at radius 1 is 0.933 bits per heavy atom. The molecule has 1 saturated heterocycles. The average Bonchev–Trinajstić information content (AvgIpc) is 2.67. The zero-order valence-electron chi connectivity index (χ0n) is 16.3. The van der Waals surface area contributed by atoms with Gasteiger partial charge in [-0.1, -0.05) is 63.7 Å². The van der Waals surface area contributed by atoms with Gasteiger partial charge >= 0.3 is 17.9 Å². The normalized spacial score (nSPS) is 15.2. The molecule has 0 spiro atoms. The largest absolute Gasteiger partial charge is 0.456 e. The Morgan fingerprint density at radius 2 is 1.40 bits per heavy atom. The van der Waals surface area contributed by atoms with Gasteiger partial charge in [-0.2, -0.15) is 0 Å². The molecule has 0 amide bonds. The number of ether oxygens (including phenoxy) is 3. The number of halogens is 4. The predicted molar refractivity (Wildman–Crippen MR) is 126 cm³/mol. The van der Waals surface area contributed by atoms with Crippen molar-refractivity contribution in [3.05, 3.63) is 23.8 Å². The monoisotopic (exact) mass is 675 g/mol. The standard InChI is InChI=1S/C19H21Br4NO6/c1-19(2,11-3-5-24-6-4-11)30-16(25)10-7-12(28-17(26)14(20)21)9-13(8-10)29-18(27)15(22)23/h7-9,11,14-15,24H,3-6H2,1-2H3. The maximum Gasteiger partial charge on any atom is 0.338 e. The maximum atomic E-state index is 12.9. The molecule has 1 aliphatic heterocycles. The van der Waals surface area contributed by atoms with E-state index in [1.165, 1.54) is 18.2 Å². The Kier molecular flexibility index (Phi) is 9.79. The number of benzene rings is 1. The summed E-state index contributed by atoms with van der Waals surface area (Å²) in [6.07, 6.45) is 1.80. The lowest BCUT2D eigenvalue weighted by molar-refractivity contribution is -0.132. The molecule has 2 rings (SSSR count). The Labute approximate surface area is 208 Å². The predicted octanol–water partition coefficient (Wildman–Crippen LogP) is 4.66. The summed E-state index contributed by atoms with van der Waals surface area (Å²) in [5.74, 6) is -1.57. The minimum Gasteiger partial charge on any atom is -0.456 e. The van der Waals surface area contributed by atoms with Gasteiger partial charge in [0.2, 0.25) is 0 Å². The molecule has 1 aliphatic rings. The van der Waals surface area contributed by atoms with Gasteiger partial charge in [-0.3, -0.25) is 0 Å². The molecule has 1 N–H and O–H groups in total. The molecule has 0 aromatic heterocycles. The number of piperidine rings is 1. The molecule has 0 bridgehead atoms. The molecule has 30 heavy (non-hydrogen) atoms. The number of carbonyl (C=O) groups excluding carboxylic acids is 3. The second kappa shape index (κ2) is 11.4. The van der Waals surface area contributed by atoms with Crippen molar-refractivity contribution in [1.82, 2.24) is 5.32 Å². The Hall–Kier alpha value is -0.490. The third kappa shape index (κ3) is 7.58. The first-order valence-corrected chi connectivity index (χ1v) is 12.7. The smallest absolute Gasteiger partial charge is 0.338 e. The molecule has 0 atom stereocenters. The van der Waals surface area contributed by atoms with Crippen molar-refractivity contribution in [1.29, 1.82) is 0 Å². The van der Waals surface area contributed by atoms with Crippen molar-refractivity contribution in [3.8, 4) is 11.5 Å². The first kappa shape index (κ1) is 25.8. The summed E-state index contributed by atoms with van der Waals surface area (Å²) in [6.45, 7) is 5.51. The highest BCUT2D eigenvalue weighted by atomic mass is 79.9. The summed E-state index contributed by atoms with van der Waals surface area (Å²) in [5.41, 5.74) is -0.581. The number of hydrogen-bond donors (Lipinski definition) is 1. The van der Waals surface area contributed by atoms with E-state index < -0.39 is 31.0 Å². The highest BCUT2D eigenvalue weighted by molar-refractivity contribution is 9.25. The van der Waals surface area contributed by atoms with Gasteiger partial charge in [0.1, 0.15) is 17.1 Å². The van der Waals surface area contributed by atoms with E-state index in [0.29, 0.717) is 0 Å². The molecule has 1 fully saturated rings. The summed E-state index contributed by atoms with van der Waals surface area (Å²) in [6, 6.07) is 4.09. The van der Waals surface area contributed by atoms with Crippen LogP contribution in [0.15, 0.2) is 18.2 Å². The topological polar surface area (TPSA) is 90.9 Å². The highest BCUT2D eigenvalue weighted by Crippen LogP contribution is 2.32. The Morgan fingerprint density at radius 3 is 1.83 bits per heavy atom. The number of alkyl halides is 4. The van der Waals surface area contributed by atoms with Crippen LogP contribution in [-0.4, -0.2) is 44.1 Å². The molecule has 166 valence electrons. The zero-order valence-corrected chi connectivity index (χ0v) is 22.6. The molecule has 0 saturated carbocycles. The molecule has 0 unspecified atom stereocenters. The Bertz CT molecular complexity index is 753. The van der Waals surface area contributed by atoms with Crippen LogP contribution in [-0.2, 0) is 14.3 Å². The molecular formula is C19H21Br4NO6. The van der Waals surface area contributed by atoms with E-state index in [4.69, 9.17) is 14.2 Å². The third-order valence-corrected chi connectivity index (χ3v) is 6.08. The van der Waals surface area contributed by atoms with E-state index in [9.17, 15) is 14.4 Å². The van der Waals surface area contributed by atoms with Gasteiger partial charge in [-0.25, -0.2) is 14.4 Å². The van der Waals surface area contributed by atoms with Crippen LogP contribution >= 0.6 is 63.7 Å². The van der Waals surface area contributed by atoms with Crippen molar-refractivity contribution in [2.75, 3.05) is 13.1 Å². The van der Waals surface area contributed by atoms with Gasteiger partial charge in [0, 0.05) is 12.0 Å². The number of rotatable bonds is 7. The minimum absolute atomic E-state index is 0.0431. The number of carbonyl (C=O) groups is 3. The molecule has 1 heterocycles. The van der Waals surface area contributed by atoms with Crippen molar-refractivity contribution in [3.63, 3.8) is 0 Å². The van der Waals surface area contributed by atoms with Crippen molar-refractivity contribution in [2.45, 2.75) is 39.8 Å². The fourth-order valence-electron chi connectivity index (χ4n) is 3.03. The molecule has 0 aliphatic carbocycles. The lowest BCUT2D eigenvalue weighted by atomic mass is 9.83. The van der Waals surface area contributed by atoms with Gasteiger partial charge in [-0.15, -0.1) is 0 Å². The number of esters is 3. The van der Waals surface area contributed by atoms with Crippen LogP contribution in [0.3, 0.4) is 0 Å². The molecule has 1 aromatic rings. The fourth-order valence-corrected chi connectivity index (χ4v) is 3.40. The van der Waals surface area contributed by atoms with Crippen LogP contribution in [0.2, 0.25) is 0 Å². The second-order valence-electron chi connectivity index (χ2n) is 7.15. The highest BCUT2D eigenvalue weighted by Gasteiger charge is 2.34. The van der Waals surface area contributed by atoms with Crippen LogP contribution in [0, 0.1) is 5.92 Å². The van der Waals surface area contributed by atoms with Crippen LogP contribution < -0.4 is 14.8 Å². The quantitative estimate of drug-likeness (QED) is 0.255. The van der Waals surface area contributed by atoms with Crippen LogP contribution in [0.1, 0.15) is 37.0 Å². The molecule has 0 radical (unpaired) electrons. The lowest BCUT2D eigenvalue weighted by Crippen LogP contribution is -2.42. The lowest BCUT2D eigenvalue weighted by Gasteiger charge is -2.36. The van der Waals surface area contributed by atoms with E-state index in [-0.39, 0.29) is 23.0 Å². The first-order valence-electron chi connectivity index (χ1n) is 9.08. The van der Waals surface area contributed by atoms with Gasteiger partial charge in [0.25, 0.3) is 0 Å².